The second-order valence-corrected chi connectivity index (χ2v) is 9.76. The molecule has 2 atom stereocenters. The Bertz CT molecular complexity index is 529. The largest absolute Gasteiger partial charge is 0.116 e. The molecule has 0 nitrogen and oxygen atoms in total. The summed E-state index contributed by atoms with van der Waals surface area (Å²) in [7, 11) is 0. The van der Waals surface area contributed by atoms with Gasteiger partial charge in [-0.05, 0) is 75.9 Å². The third kappa shape index (κ3) is 2.70. The van der Waals surface area contributed by atoms with E-state index in [4.69, 9.17) is 0 Å². The average Bonchev–Trinajstić information content (AvgIpc) is 2.31. The zero-order valence-electron chi connectivity index (χ0n) is 8.79. The minimum Gasteiger partial charge on any atom is -0.116 e. The van der Waals surface area contributed by atoms with E-state index in [0.29, 0.717) is 10.5 Å². The van der Waals surface area contributed by atoms with E-state index in [1.54, 1.807) is 0 Å². The summed E-state index contributed by atoms with van der Waals surface area (Å²) >= 11 is 18.2. The van der Waals surface area contributed by atoms with Crippen LogP contribution >= 0.6 is 87.2 Å². The molecule has 1 heterocycles. The number of rotatable bonds is 0. The monoisotopic (exact) mass is 530 g/mol. The van der Waals surface area contributed by atoms with E-state index in [-0.39, 0.29) is 0 Å². The van der Waals surface area contributed by atoms with E-state index in [2.05, 4.69) is 88.0 Å². The van der Waals surface area contributed by atoms with Crippen LogP contribution in [0.1, 0.15) is 0 Å². The lowest BCUT2D eigenvalue weighted by Gasteiger charge is -2.31. The molecule has 1 aliphatic heterocycles. The summed E-state index contributed by atoms with van der Waals surface area (Å²) in [5.74, 6) is 0. The van der Waals surface area contributed by atoms with Crippen molar-refractivity contribution in [2.45, 2.75) is 20.3 Å². The molecule has 0 fully saturated rings. The third-order valence-electron chi connectivity index (χ3n) is 2.69. The molecule has 0 radical (unpaired) electrons. The molecule has 0 spiro atoms. The van der Waals surface area contributed by atoms with Crippen LogP contribution in [0.15, 0.2) is 52.0 Å². The van der Waals surface area contributed by atoms with Gasteiger partial charge < -0.3 is 0 Å². The second kappa shape index (κ2) is 5.60. The molecule has 94 valence electrons. The van der Waals surface area contributed by atoms with Crippen LogP contribution in [0.25, 0.3) is 0 Å². The number of hydrogen-bond donors (Lipinski definition) is 0. The molecule has 1 aliphatic carbocycles. The third-order valence-corrected chi connectivity index (χ3v) is 9.33. The van der Waals surface area contributed by atoms with Crippen molar-refractivity contribution in [3.8, 4) is 0 Å². The molecule has 18 heavy (non-hydrogen) atoms. The molecule has 2 unspecified atom stereocenters. The van der Waals surface area contributed by atoms with Crippen molar-refractivity contribution in [2.24, 2.45) is 0 Å². The highest BCUT2D eigenvalue weighted by Crippen LogP contribution is 2.51. The van der Waals surface area contributed by atoms with Crippen LogP contribution in [0.2, 0.25) is 0 Å². The fourth-order valence-corrected chi connectivity index (χ4v) is 6.76. The summed E-state index contributed by atoms with van der Waals surface area (Å²) in [5, 5.41) is 0.984. The van der Waals surface area contributed by atoms with Gasteiger partial charge in [-0.1, -0.05) is 12.2 Å². The molecule has 0 aromatic heterocycles. The standard InChI is InChI=1S/C12H6Br4S2/c13-5-1-9-10(2-6(5)14)18-12-4-8(16)7(15)3-11(12)17-9/h1-4,9-10H. The summed E-state index contributed by atoms with van der Waals surface area (Å²) in [6.07, 6.45) is 4.57. The summed E-state index contributed by atoms with van der Waals surface area (Å²) in [4.78, 5) is 2.69. The van der Waals surface area contributed by atoms with Crippen LogP contribution in [0.5, 0.6) is 0 Å². The Balaban J connectivity index is 2.01. The van der Waals surface area contributed by atoms with Gasteiger partial charge in [0.2, 0.25) is 0 Å². The van der Waals surface area contributed by atoms with Crippen molar-refractivity contribution in [1.82, 2.24) is 0 Å². The topological polar surface area (TPSA) is 0 Å². The van der Waals surface area contributed by atoms with Crippen molar-refractivity contribution >= 4 is 87.2 Å². The van der Waals surface area contributed by atoms with Gasteiger partial charge in [-0.3, -0.25) is 0 Å². The first-order valence-electron chi connectivity index (χ1n) is 5.12. The molecular formula is C12H6Br4S2. The van der Waals surface area contributed by atoms with Crippen molar-refractivity contribution in [1.29, 1.82) is 0 Å². The fourth-order valence-electron chi connectivity index (χ4n) is 1.83. The van der Waals surface area contributed by atoms with Gasteiger partial charge in [0.1, 0.15) is 0 Å². The molecule has 1 aromatic rings. The summed E-state index contributed by atoms with van der Waals surface area (Å²) in [5.41, 5.74) is 0. The molecular weight excluding hydrogens is 528 g/mol. The maximum absolute atomic E-state index is 3.59. The Hall–Kier alpha value is 1.32. The Labute approximate surface area is 148 Å². The Morgan fingerprint density at radius 2 is 1.11 bits per heavy atom. The Morgan fingerprint density at radius 1 is 0.722 bits per heavy atom. The predicted molar refractivity (Wildman–Crippen MR) is 95.2 cm³/mol. The highest BCUT2D eigenvalue weighted by Gasteiger charge is 2.31. The summed E-state index contributed by atoms with van der Waals surface area (Å²) in [6.45, 7) is 0. The van der Waals surface area contributed by atoms with E-state index in [1.165, 1.54) is 9.79 Å². The normalized spacial score (nSPS) is 26.0. The average molecular weight is 534 g/mol. The lowest BCUT2D eigenvalue weighted by molar-refractivity contribution is 1.03. The van der Waals surface area contributed by atoms with E-state index < -0.39 is 0 Å². The van der Waals surface area contributed by atoms with Crippen LogP contribution in [0.4, 0.5) is 0 Å². The highest BCUT2D eigenvalue weighted by molar-refractivity contribution is 9.15. The maximum Gasteiger partial charge on any atom is 0.0447 e. The van der Waals surface area contributed by atoms with Gasteiger partial charge in [0.15, 0.2) is 0 Å². The Morgan fingerprint density at radius 3 is 1.50 bits per heavy atom. The zero-order valence-corrected chi connectivity index (χ0v) is 16.8. The number of fused-ring (bicyclic) bond motifs is 2. The molecule has 3 rings (SSSR count). The van der Waals surface area contributed by atoms with Gasteiger partial charge in [-0.15, -0.1) is 23.5 Å². The molecule has 2 aliphatic rings. The van der Waals surface area contributed by atoms with Crippen molar-refractivity contribution in [3.63, 3.8) is 0 Å². The first kappa shape index (κ1) is 14.3. The maximum atomic E-state index is 3.59. The minimum atomic E-state index is 0.492. The van der Waals surface area contributed by atoms with E-state index in [9.17, 15) is 0 Å². The number of allylic oxidation sites excluding steroid dienone is 2. The molecule has 0 bridgehead atoms. The highest BCUT2D eigenvalue weighted by atomic mass is 79.9. The van der Waals surface area contributed by atoms with Crippen LogP contribution in [-0.2, 0) is 0 Å². The van der Waals surface area contributed by atoms with E-state index >= 15 is 0 Å². The van der Waals surface area contributed by atoms with Gasteiger partial charge in [0.25, 0.3) is 0 Å². The van der Waals surface area contributed by atoms with Crippen molar-refractivity contribution < 1.29 is 0 Å². The number of halogens is 4. The lowest BCUT2D eigenvalue weighted by atomic mass is 10.2. The summed E-state index contributed by atoms with van der Waals surface area (Å²) < 4.78 is 4.53. The van der Waals surface area contributed by atoms with Crippen LogP contribution < -0.4 is 0 Å². The van der Waals surface area contributed by atoms with Gasteiger partial charge in [0, 0.05) is 38.2 Å². The number of benzene rings is 1. The van der Waals surface area contributed by atoms with Gasteiger partial charge in [0.05, 0.1) is 0 Å². The van der Waals surface area contributed by atoms with E-state index in [0.717, 1.165) is 17.9 Å². The molecule has 0 saturated heterocycles. The van der Waals surface area contributed by atoms with Gasteiger partial charge in [-0.25, -0.2) is 0 Å². The van der Waals surface area contributed by atoms with Crippen LogP contribution in [0.3, 0.4) is 0 Å². The molecule has 0 saturated carbocycles. The first-order valence-corrected chi connectivity index (χ1v) is 10.0. The number of hydrogen-bond acceptors (Lipinski definition) is 2. The first-order chi connectivity index (χ1) is 8.54. The zero-order chi connectivity index (χ0) is 12.9. The predicted octanol–water partition coefficient (Wildman–Crippen LogP) is 6.72. The van der Waals surface area contributed by atoms with Crippen LogP contribution in [0, 0.1) is 0 Å². The van der Waals surface area contributed by atoms with Crippen molar-refractivity contribution in [3.05, 3.63) is 42.2 Å². The second-order valence-electron chi connectivity index (χ2n) is 3.91. The SMILES string of the molecule is BrC1=CC2Sc3cc(Br)c(Br)cc3SC2C=C1Br. The van der Waals surface area contributed by atoms with Crippen LogP contribution in [-0.4, -0.2) is 10.5 Å². The van der Waals surface area contributed by atoms with Gasteiger partial charge >= 0.3 is 0 Å². The van der Waals surface area contributed by atoms with Crippen molar-refractivity contribution in [2.75, 3.05) is 0 Å². The molecule has 0 N–H and O–H groups in total. The number of thioether (sulfide) groups is 2. The quantitative estimate of drug-likeness (QED) is 0.363. The molecule has 6 heteroatoms. The fraction of sp³-hybridized carbons (Fsp3) is 0.167. The van der Waals surface area contributed by atoms with E-state index in [1.807, 2.05) is 23.5 Å². The molecule has 0 amide bonds. The Kier molecular flexibility index (Phi) is 4.44. The minimum absolute atomic E-state index is 0.492. The smallest absolute Gasteiger partial charge is 0.0447 e. The summed E-state index contributed by atoms with van der Waals surface area (Å²) in [6, 6.07) is 4.39. The van der Waals surface area contributed by atoms with Gasteiger partial charge in [-0.2, -0.15) is 0 Å². The molecule has 1 aromatic carbocycles. The lowest BCUT2D eigenvalue weighted by Crippen LogP contribution is -2.22.